The van der Waals surface area contributed by atoms with E-state index in [0.29, 0.717) is 39.1 Å². The summed E-state index contributed by atoms with van der Waals surface area (Å²) >= 11 is 0. The molecule has 0 radical (unpaired) electrons. The molecule has 26 heavy (non-hydrogen) atoms. The molecule has 2 saturated heterocycles. The zero-order valence-corrected chi connectivity index (χ0v) is 15.7. The second kappa shape index (κ2) is 7.27. The van der Waals surface area contributed by atoms with E-state index in [1.54, 1.807) is 4.90 Å². The van der Waals surface area contributed by atoms with Crippen LogP contribution in [0.4, 0.5) is 4.79 Å². The van der Waals surface area contributed by atoms with Crippen LogP contribution in [0.25, 0.3) is 0 Å². The summed E-state index contributed by atoms with van der Waals surface area (Å²) in [6, 6.07) is 9.81. The minimum Gasteiger partial charge on any atom is -0.465 e. The average Bonchev–Trinajstić information content (AvgIpc) is 2.95. The number of piperidine rings is 1. The standard InChI is InChI=1S/C20H27NO5/c1-19(2,3)26-18(23)21-11-9-20(10-12-24-17(20)22)16(13-21)25-14-15-7-5-4-6-8-15/h4-8,16H,9-14H2,1-3H3/t16-,20-/m0/s1. The molecule has 2 aliphatic heterocycles. The van der Waals surface area contributed by atoms with Gasteiger partial charge in [-0.3, -0.25) is 4.79 Å². The normalized spacial score (nSPS) is 26.0. The molecular formula is C20H27NO5. The van der Waals surface area contributed by atoms with Crippen molar-refractivity contribution in [2.45, 2.75) is 51.9 Å². The van der Waals surface area contributed by atoms with Gasteiger partial charge in [-0.25, -0.2) is 4.79 Å². The molecule has 2 fully saturated rings. The van der Waals surface area contributed by atoms with E-state index in [0.717, 1.165) is 5.56 Å². The Balaban J connectivity index is 1.73. The predicted molar refractivity (Wildman–Crippen MR) is 95.5 cm³/mol. The van der Waals surface area contributed by atoms with Crippen LogP contribution in [0.3, 0.4) is 0 Å². The van der Waals surface area contributed by atoms with E-state index >= 15 is 0 Å². The first kappa shape index (κ1) is 18.7. The Morgan fingerprint density at radius 3 is 2.62 bits per heavy atom. The molecule has 2 aliphatic rings. The fourth-order valence-corrected chi connectivity index (χ4v) is 3.53. The van der Waals surface area contributed by atoms with Crippen molar-refractivity contribution in [3.63, 3.8) is 0 Å². The second-order valence-electron chi connectivity index (χ2n) is 8.00. The van der Waals surface area contributed by atoms with Crippen LogP contribution < -0.4 is 0 Å². The van der Waals surface area contributed by atoms with Gasteiger partial charge in [0.1, 0.15) is 11.0 Å². The van der Waals surface area contributed by atoms with Crippen molar-refractivity contribution < 1.29 is 23.8 Å². The summed E-state index contributed by atoms with van der Waals surface area (Å²) in [5.41, 5.74) is -0.185. The van der Waals surface area contributed by atoms with Crippen molar-refractivity contribution in [2.24, 2.45) is 5.41 Å². The largest absolute Gasteiger partial charge is 0.465 e. The molecule has 0 aromatic heterocycles. The highest BCUT2D eigenvalue weighted by atomic mass is 16.6. The molecule has 2 heterocycles. The van der Waals surface area contributed by atoms with Gasteiger partial charge in [0.05, 0.1) is 25.9 Å². The Morgan fingerprint density at radius 2 is 2.00 bits per heavy atom. The lowest BCUT2D eigenvalue weighted by molar-refractivity contribution is -0.161. The molecule has 142 valence electrons. The van der Waals surface area contributed by atoms with Crippen LogP contribution in [-0.4, -0.2) is 48.4 Å². The highest BCUT2D eigenvalue weighted by molar-refractivity contribution is 5.80. The SMILES string of the molecule is CC(C)(C)OC(=O)N1CC[C@]2(CCOC2=O)[C@@H](OCc2ccccc2)C1. The first-order chi connectivity index (χ1) is 12.3. The molecule has 6 nitrogen and oxygen atoms in total. The van der Waals surface area contributed by atoms with Gasteiger partial charge >= 0.3 is 12.1 Å². The fraction of sp³-hybridized carbons (Fsp3) is 0.600. The summed E-state index contributed by atoms with van der Waals surface area (Å²) in [4.78, 5) is 26.5. The van der Waals surface area contributed by atoms with Gasteiger partial charge in [0.2, 0.25) is 0 Å². The summed E-state index contributed by atoms with van der Waals surface area (Å²) in [6.45, 7) is 7.13. The van der Waals surface area contributed by atoms with Crippen molar-refractivity contribution >= 4 is 12.1 Å². The molecular weight excluding hydrogens is 334 g/mol. The minimum atomic E-state index is -0.659. The minimum absolute atomic E-state index is 0.209. The van der Waals surface area contributed by atoms with E-state index in [1.165, 1.54) is 0 Å². The quantitative estimate of drug-likeness (QED) is 0.774. The second-order valence-corrected chi connectivity index (χ2v) is 8.00. The zero-order valence-electron chi connectivity index (χ0n) is 15.7. The molecule has 1 amide bonds. The number of carbonyl (C=O) groups is 2. The maximum absolute atomic E-state index is 12.5. The van der Waals surface area contributed by atoms with E-state index in [2.05, 4.69) is 0 Å². The Labute approximate surface area is 154 Å². The van der Waals surface area contributed by atoms with Crippen LogP contribution in [0, 0.1) is 5.41 Å². The van der Waals surface area contributed by atoms with E-state index in [1.807, 2.05) is 51.1 Å². The number of rotatable bonds is 3. The number of cyclic esters (lactones) is 1. The predicted octanol–water partition coefficient (Wildman–Crippen LogP) is 3.15. The van der Waals surface area contributed by atoms with Gasteiger partial charge in [-0.2, -0.15) is 0 Å². The molecule has 0 bridgehead atoms. The van der Waals surface area contributed by atoms with Crippen LogP contribution in [0.2, 0.25) is 0 Å². The average molecular weight is 361 g/mol. The topological polar surface area (TPSA) is 65.1 Å². The highest BCUT2D eigenvalue weighted by Crippen LogP contribution is 2.42. The Kier molecular flexibility index (Phi) is 5.23. The molecule has 0 N–H and O–H groups in total. The number of ether oxygens (including phenoxy) is 3. The lowest BCUT2D eigenvalue weighted by atomic mass is 9.75. The van der Waals surface area contributed by atoms with E-state index in [-0.39, 0.29) is 12.1 Å². The summed E-state index contributed by atoms with van der Waals surface area (Å²) < 4.78 is 16.9. The molecule has 0 unspecified atom stereocenters. The van der Waals surface area contributed by atoms with Crippen molar-refractivity contribution in [1.29, 1.82) is 0 Å². The third-order valence-corrected chi connectivity index (χ3v) is 4.96. The monoisotopic (exact) mass is 361 g/mol. The zero-order chi connectivity index (χ0) is 18.8. The van der Waals surface area contributed by atoms with Gasteiger partial charge in [-0.05, 0) is 32.8 Å². The Hall–Kier alpha value is -2.08. The molecule has 2 atom stereocenters. The first-order valence-electron chi connectivity index (χ1n) is 9.11. The van der Waals surface area contributed by atoms with Gasteiger partial charge in [-0.1, -0.05) is 30.3 Å². The van der Waals surface area contributed by atoms with Crippen molar-refractivity contribution in [2.75, 3.05) is 19.7 Å². The van der Waals surface area contributed by atoms with Gasteiger partial charge < -0.3 is 19.1 Å². The Morgan fingerprint density at radius 1 is 1.27 bits per heavy atom. The number of hydrogen-bond donors (Lipinski definition) is 0. The number of hydrogen-bond acceptors (Lipinski definition) is 5. The molecule has 1 aromatic carbocycles. The number of esters is 1. The third-order valence-electron chi connectivity index (χ3n) is 4.96. The van der Waals surface area contributed by atoms with Gasteiger partial charge in [0, 0.05) is 13.0 Å². The van der Waals surface area contributed by atoms with Crippen LogP contribution in [0.1, 0.15) is 39.2 Å². The smallest absolute Gasteiger partial charge is 0.410 e. The number of nitrogens with zero attached hydrogens (tertiary/aromatic N) is 1. The molecule has 1 aromatic rings. The molecule has 0 saturated carbocycles. The molecule has 6 heteroatoms. The molecule has 3 rings (SSSR count). The third kappa shape index (κ3) is 4.01. The summed E-state index contributed by atoms with van der Waals surface area (Å²) in [7, 11) is 0. The van der Waals surface area contributed by atoms with Crippen LogP contribution in [0.15, 0.2) is 30.3 Å². The summed E-state index contributed by atoms with van der Waals surface area (Å²) in [5.74, 6) is -0.209. The van der Waals surface area contributed by atoms with Gasteiger partial charge in [-0.15, -0.1) is 0 Å². The first-order valence-corrected chi connectivity index (χ1v) is 9.11. The van der Waals surface area contributed by atoms with E-state index < -0.39 is 17.1 Å². The summed E-state index contributed by atoms with van der Waals surface area (Å²) in [6.07, 6.45) is 0.392. The number of benzene rings is 1. The maximum atomic E-state index is 12.5. The fourth-order valence-electron chi connectivity index (χ4n) is 3.53. The van der Waals surface area contributed by atoms with Crippen molar-refractivity contribution in [3.8, 4) is 0 Å². The Bertz CT molecular complexity index is 654. The van der Waals surface area contributed by atoms with Crippen LogP contribution >= 0.6 is 0 Å². The number of carbonyl (C=O) groups excluding carboxylic acids is 2. The molecule has 0 aliphatic carbocycles. The van der Waals surface area contributed by atoms with Gasteiger partial charge in [0.25, 0.3) is 0 Å². The molecule has 1 spiro atoms. The van der Waals surface area contributed by atoms with Crippen molar-refractivity contribution in [3.05, 3.63) is 35.9 Å². The maximum Gasteiger partial charge on any atom is 0.410 e. The number of likely N-dealkylation sites (tertiary alicyclic amines) is 1. The van der Waals surface area contributed by atoms with Crippen LogP contribution in [0.5, 0.6) is 0 Å². The highest BCUT2D eigenvalue weighted by Gasteiger charge is 2.54. The number of amides is 1. The van der Waals surface area contributed by atoms with E-state index in [4.69, 9.17) is 14.2 Å². The van der Waals surface area contributed by atoms with Crippen molar-refractivity contribution in [1.82, 2.24) is 4.90 Å². The lowest BCUT2D eigenvalue weighted by Crippen LogP contribution is -2.56. The van der Waals surface area contributed by atoms with Crippen LogP contribution in [-0.2, 0) is 25.6 Å². The summed E-state index contributed by atoms with van der Waals surface area (Å²) in [5, 5.41) is 0. The lowest BCUT2D eigenvalue weighted by Gasteiger charge is -2.42. The van der Waals surface area contributed by atoms with E-state index in [9.17, 15) is 9.59 Å². The van der Waals surface area contributed by atoms with Gasteiger partial charge in [0.15, 0.2) is 0 Å².